The minimum absolute atomic E-state index is 0.0935. The van der Waals surface area contributed by atoms with Gasteiger partial charge in [-0.15, -0.1) is 0 Å². The number of aliphatic hydroxyl groups excluding tert-OH is 1. The molecule has 0 aromatic heterocycles. The summed E-state index contributed by atoms with van der Waals surface area (Å²) in [5.41, 5.74) is 0.897. The van der Waals surface area contributed by atoms with E-state index in [-0.39, 0.29) is 30.4 Å². The molecule has 2 aromatic carbocycles. The molecule has 0 aliphatic carbocycles. The number of anilines is 1. The fourth-order valence-corrected chi connectivity index (χ4v) is 4.53. The van der Waals surface area contributed by atoms with Crippen LogP contribution < -0.4 is 9.64 Å². The van der Waals surface area contributed by atoms with Crippen LogP contribution in [0.1, 0.15) is 27.1 Å². The average Bonchev–Trinajstić information content (AvgIpc) is 3.21. The van der Waals surface area contributed by atoms with Gasteiger partial charge in [-0.05, 0) is 36.4 Å². The van der Waals surface area contributed by atoms with Crippen molar-refractivity contribution in [3.63, 3.8) is 0 Å². The van der Waals surface area contributed by atoms with Crippen molar-refractivity contribution in [2.45, 2.75) is 12.5 Å². The van der Waals surface area contributed by atoms with Gasteiger partial charge in [-0.2, -0.15) is 0 Å². The number of imide groups is 1. The van der Waals surface area contributed by atoms with E-state index in [0.29, 0.717) is 36.6 Å². The predicted molar refractivity (Wildman–Crippen MR) is 130 cm³/mol. The van der Waals surface area contributed by atoms with Crippen molar-refractivity contribution in [2.75, 3.05) is 57.9 Å². The highest BCUT2D eigenvalue weighted by Crippen LogP contribution is 2.27. The molecular weight excluding hydrogens is 466 g/mol. The van der Waals surface area contributed by atoms with Crippen molar-refractivity contribution in [2.24, 2.45) is 0 Å². The molecule has 0 radical (unpaired) electrons. The Morgan fingerprint density at radius 2 is 1.69 bits per heavy atom. The number of hydrogen-bond acceptors (Lipinski definition) is 9. The quantitative estimate of drug-likeness (QED) is 0.309. The molecule has 10 heteroatoms. The molecule has 2 aromatic rings. The molecule has 1 unspecified atom stereocenters. The third-order valence-electron chi connectivity index (χ3n) is 6.49. The Morgan fingerprint density at radius 1 is 1.00 bits per heavy atom. The van der Waals surface area contributed by atoms with E-state index in [1.54, 1.807) is 24.3 Å². The maximum absolute atomic E-state index is 13.1. The molecule has 2 amide bonds. The summed E-state index contributed by atoms with van der Waals surface area (Å²) in [5, 5.41) is 9.10. The number of esters is 1. The first-order valence-corrected chi connectivity index (χ1v) is 11.8. The number of benzene rings is 2. The third-order valence-corrected chi connectivity index (χ3v) is 6.49. The molecular formula is C26H29N3O7. The lowest BCUT2D eigenvalue weighted by Gasteiger charge is -2.36. The number of β-amino-alcohol motifs (C(OH)–C–C–N with tert-alkyl or cyclic N) is 1. The van der Waals surface area contributed by atoms with Gasteiger partial charge in [0.25, 0.3) is 5.91 Å². The molecule has 1 atom stereocenters. The largest absolute Gasteiger partial charge is 0.496 e. The number of nitrogens with zero attached hydrogens (tertiary/aromatic N) is 3. The Labute approximate surface area is 209 Å². The minimum atomic E-state index is -0.692. The summed E-state index contributed by atoms with van der Waals surface area (Å²) < 4.78 is 10.3. The minimum Gasteiger partial charge on any atom is -0.496 e. The lowest BCUT2D eigenvalue weighted by Crippen LogP contribution is -2.52. The van der Waals surface area contributed by atoms with Gasteiger partial charge in [0.05, 0.1) is 43.0 Å². The first kappa shape index (κ1) is 25.5. The highest BCUT2D eigenvalue weighted by atomic mass is 16.5. The smallest absolute Gasteiger partial charge is 0.338 e. The number of carbonyl (C=O) groups excluding carboxylic acids is 4. The van der Waals surface area contributed by atoms with Crippen LogP contribution in [-0.4, -0.2) is 97.6 Å². The summed E-state index contributed by atoms with van der Waals surface area (Å²) in [6.45, 7) is 3.00. The van der Waals surface area contributed by atoms with Gasteiger partial charge in [-0.3, -0.25) is 24.2 Å². The number of rotatable bonds is 9. The molecule has 2 fully saturated rings. The van der Waals surface area contributed by atoms with Crippen molar-refractivity contribution >= 4 is 29.3 Å². The maximum atomic E-state index is 13.1. The summed E-state index contributed by atoms with van der Waals surface area (Å²) in [6, 6.07) is 12.1. The van der Waals surface area contributed by atoms with Gasteiger partial charge in [-0.25, -0.2) is 9.69 Å². The van der Waals surface area contributed by atoms with Crippen LogP contribution in [0.25, 0.3) is 0 Å². The van der Waals surface area contributed by atoms with Crippen LogP contribution in [0.5, 0.6) is 5.75 Å². The zero-order valence-corrected chi connectivity index (χ0v) is 20.1. The number of aliphatic hydroxyl groups is 1. The molecule has 2 aliphatic heterocycles. The van der Waals surface area contributed by atoms with Crippen molar-refractivity contribution in [1.82, 2.24) is 9.80 Å². The van der Waals surface area contributed by atoms with Gasteiger partial charge in [0.2, 0.25) is 11.7 Å². The van der Waals surface area contributed by atoms with Crippen LogP contribution in [0.15, 0.2) is 48.5 Å². The van der Waals surface area contributed by atoms with Gasteiger partial charge in [0.1, 0.15) is 5.75 Å². The zero-order valence-electron chi connectivity index (χ0n) is 20.1. The summed E-state index contributed by atoms with van der Waals surface area (Å²) in [6.07, 6.45) is 0.105. The number of ketones is 1. The molecule has 2 saturated heterocycles. The normalized spacial score (nSPS) is 18.9. The van der Waals surface area contributed by atoms with Crippen molar-refractivity contribution in [3.05, 3.63) is 59.7 Å². The number of hydrogen-bond donors (Lipinski definition) is 1. The maximum Gasteiger partial charge on any atom is 0.338 e. The highest BCUT2D eigenvalue weighted by Gasteiger charge is 2.43. The fraction of sp³-hybridized carbons (Fsp3) is 0.385. The van der Waals surface area contributed by atoms with E-state index >= 15 is 0 Å². The topological polar surface area (TPSA) is 117 Å². The molecule has 0 spiro atoms. The third kappa shape index (κ3) is 5.46. The monoisotopic (exact) mass is 495 g/mol. The van der Waals surface area contributed by atoms with E-state index in [0.717, 1.165) is 18.0 Å². The molecule has 190 valence electrons. The van der Waals surface area contributed by atoms with E-state index in [4.69, 9.17) is 14.6 Å². The first-order valence-electron chi connectivity index (χ1n) is 11.8. The molecule has 1 N–H and O–H groups in total. The van der Waals surface area contributed by atoms with Gasteiger partial charge in [0.15, 0.2) is 6.61 Å². The molecule has 0 bridgehead atoms. The lowest BCUT2D eigenvalue weighted by atomic mass is 10.1. The van der Waals surface area contributed by atoms with Gasteiger partial charge < -0.3 is 14.6 Å². The standard InChI is InChI=1S/C26H29N3O7/c1-35-23-5-3-2-4-20(23)22(31)17-36-26(34)18-6-8-19(9-7-18)29-24(32)16-21(25(29)33)28-12-10-27(11-13-28)14-15-30/h2-9,21,30H,10-17H2,1H3. The lowest BCUT2D eigenvalue weighted by molar-refractivity contribution is -0.123. The van der Waals surface area contributed by atoms with E-state index < -0.39 is 24.4 Å². The predicted octanol–water partition coefficient (Wildman–Crippen LogP) is 0.977. The molecule has 10 nitrogen and oxygen atoms in total. The van der Waals surface area contributed by atoms with Crippen molar-refractivity contribution in [3.8, 4) is 5.75 Å². The second-order valence-electron chi connectivity index (χ2n) is 8.63. The van der Waals surface area contributed by atoms with Crippen LogP contribution in [0.3, 0.4) is 0 Å². The molecule has 4 rings (SSSR count). The fourth-order valence-electron chi connectivity index (χ4n) is 4.53. The van der Waals surface area contributed by atoms with E-state index in [9.17, 15) is 19.2 Å². The summed E-state index contributed by atoms with van der Waals surface area (Å²) in [4.78, 5) is 55.9. The second kappa shape index (κ2) is 11.4. The average molecular weight is 496 g/mol. The van der Waals surface area contributed by atoms with Crippen LogP contribution in [0.4, 0.5) is 5.69 Å². The summed E-state index contributed by atoms with van der Waals surface area (Å²) in [5.74, 6) is -1.27. The molecule has 0 saturated carbocycles. The Hall–Kier alpha value is -3.60. The summed E-state index contributed by atoms with van der Waals surface area (Å²) in [7, 11) is 1.46. The number of methoxy groups -OCH3 is 1. The zero-order chi connectivity index (χ0) is 25.7. The Balaban J connectivity index is 1.35. The van der Waals surface area contributed by atoms with Crippen molar-refractivity contribution < 1.29 is 33.8 Å². The molecule has 2 aliphatic rings. The van der Waals surface area contributed by atoms with Gasteiger partial charge in [-0.1, -0.05) is 12.1 Å². The Kier molecular flexibility index (Phi) is 8.09. The molecule has 36 heavy (non-hydrogen) atoms. The Bertz CT molecular complexity index is 1130. The van der Waals surface area contributed by atoms with E-state index in [1.165, 1.54) is 31.4 Å². The van der Waals surface area contributed by atoms with Gasteiger partial charge >= 0.3 is 5.97 Å². The number of piperazine rings is 1. The first-order chi connectivity index (χ1) is 17.4. The second-order valence-corrected chi connectivity index (χ2v) is 8.63. The van der Waals surface area contributed by atoms with Crippen LogP contribution in [0.2, 0.25) is 0 Å². The van der Waals surface area contributed by atoms with E-state index in [1.807, 2.05) is 4.90 Å². The van der Waals surface area contributed by atoms with Gasteiger partial charge in [0, 0.05) is 32.7 Å². The summed E-state index contributed by atoms with van der Waals surface area (Å²) >= 11 is 0. The number of Topliss-reactive ketones (excluding diaryl/α,β-unsaturated/α-hetero) is 1. The highest BCUT2D eigenvalue weighted by molar-refractivity contribution is 6.22. The van der Waals surface area contributed by atoms with Crippen LogP contribution in [0, 0.1) is 0 Å². The molecule has 2 heterocycles. The SMILES string of the molecule is COc1ccccc1C(=O)COC(=O)c1ccc(N2C(=O)CC(N3CCN(CCO)CC3)C2=O)cc1. The van der Waals surface area contributed by atoms with Crippen molar-refractivity contribution in [1.29, 1.82) is 0 Å². The number of carbonyl (C=O) groups is 4. The number of para-hydroxylation sites is 1. The van der Waals surface area contributed by atoms with E-state index in [2.05, 4.69) is 4.90 Å². The Morgan fingerprint density at radius 3 is 2.36 bits per heavy atom. The van der Waals surface area contributed by atoms with Crippen LogP contribution in [-0.2, 0) is 14.3 Å². The van der Waals surface area contributed by atoms with Crippen LogP contribution >= 0.6 is 0 Å². The number of amides is 2. The number of ether oxygens (including phenoxy) is 2.